The van der Waals surface area contributed by atoms with Crippen molar-refractivity contribution in [3.8, 4) is 0 Å². The number of halogens is 1. The molecule has 0 aliphatic rings. The molecule has 20 heavy (non-hydrogen) atoms. The fraction of sp³-hybridized carbons (Fsp3) is 0.286. The molecule has 0 radical (unpaired) electrons. The van der Waals surface area contributed by atoms with Crippen LogP contribution in [0.15, 0.2) is 40.0 Å². The molecule has 106 valence electrons. The van der Waals surface area contributed by atoms with Gasteiger partial charge in [-0.05, 0) is 24.7 Å². The lowest BCUT2D eigenvalue weighted by Gasteiger charge is -2.05. The summed E-state index contributed by atoms with van der Waals surface area (Å²) < 4.78 is 13.1. The first-order valence-electron chi connectivity index (χ1n) is 6.35. The van der Waals surface area contributed by atoms with E-state index in [1.54, 1.807) is 6.07 Å². The molecule has 0 aliphatic carbocycles. The molecule has 0 amide bonds. The van der Waals surface area contributed by atoms with E-state index >= 15 is 0 Å². The van der Waals surface area contributed by atoms with Crippen LogP contribution >= 0.6 is 11.8 Å². The Morgan fingerprint density at radius 2 is 2.25 bits per heavy atom. The molecule has 0 saturated heterocycles. The van der Waals surface area contributed by atoms with Gasteiger partial charge in [0.25, 0.3) is 5.56 Å². The minimum atomic E-state index is -0.266. The number of aromatic amines is 1. The van der Waals surface area contributed by atoms with Crippen molar-refractivity contribution < 1.29 is 4.39 Å². The van der Waals surface area contributed by atoms with E-state index < -0.39 is 0 Å². The first kappa shape index (κ1) is 14.7. The highest BCUT2D eigenvalue weighted by atomic mass is 32.2. The number of hydrogen-bond donors (Lipinski definition) is 2. The van der Waals surface area contributed by atoms with Crippen LogP contribution in [0.5, 0.6) is 0 Å². The van der Waals surface area contributed by atoms with Crippen molar-refractivity contribution >= 4 is 11.8 Å². The predicted octanol–water partition coefficient (Wildman–Crippen LogP) is 2.31. The maximum absolute atomic E-state index is 13.1. The third-order valence-electron chi connectivity index (χ3n) is 2.57. The van der Waals surface area contributed by atoms with Crippen LogP contribution < -0.4 is 10.9 Å². The first-order valence-corrected chi connectivity index (χ1v) is 7.34. The Bertz CT molecular complexity index is 630. The van der Waals surface area contributed by atoms with E-state index in [2.05, 4.69) is 15.3 Å². The van der Waals surface area contributed by atoms with Crippen molar-refractivity contribution in [1.29, 1.82) is 0 Å². The molecule has 0 aliphatic heterocycles. The average molecular weight is 293 g/mol. The molecule has 0 saturated carbocycles. The molecule has 2 aromatic rings. The van der Waals surface area contributed by atoms with Crippen molar-refractivity contribution in [3.05, 3.63) is 58.0 Å². The van der Waals surface area contributed by atoms with E-state index in [1.807, 2.05) is 13.0 Å². The highest BCUT2D eigenvalue weighted by molar-refractivity contribution is 7.98. The Morgan fingerprint density at radius 3 is 3.00 bits per heavy atom. The van der Waals surface area contributed by atoms with Crippen LogP contribution in [0.1, 0.15) is 18.4 Å². The number of H-pyrrole nitrogens is 1. The van der Waals surface area contributed by atoms with Crippen LogP contribution in [0.3, 0.4) is 0 Å². The standard InChI is InChI=1S/C14H16FN3OS/c1-2-16-8-11-7-14(19)18-13(17-11)9-20-12-5-3-4-10(15)6-12/h3-7,16H,2,8-9H2,1H3,(H,17,18,19). The highest BCUT2D eigenvalue weighted by Gasteiger charge is 2.03. The minimum Gasteiger partial charge on any atom is -0.311 e. The second-order valence-corrected chi connectivity index (χ2v) is 5.26. The smallest absolute Gasteiger partial charge is 0.251 e. The summed E-state index contributed by atoms with van der Waals surface area (Å²) in [5.74, 6) is 0.829. The number of benzene rings is 1. The van der Waals surface area contributed by atoms with E-state index in [-0.39, 0.29) is 11.4 Å². The topological polar surface area (TPSA) is 57.8 Å². The van der Waals surface area contributed by atoms with Crippen LogP contribution in [0.4, 0.5) is 4.39 Å². The zero-order valence-electron chi connectivity index (χ0n) is 11.1. The van der Waals surface area contributed by atoms with Gasteiger partial charge in [-0.25, -0.2) is 9.37 Å². The van der Waals surface area contributed by atoms with Crippen molar-refractivity contribution in [2.24, 2.45) is 0 Å². The van der Waals surface area contributed by atoms with Gasteiger partial charge < -0.3 is 10.3 Å². The lowest BCUT2D eigenvalue weighted by Crippen LogP contribution is -2.18. The predicted molar refractivity (Wildman–Crippen MR) is 78.2 cm³/mol. The number of hydrogen-bond acceptors (Lipinski definition) is 4. The number of thioether (sulfide) groups is 1. The summed E-state index contributed by atoms with van der Waals surface area (Å²) in [6, 6.07) is 7.84. The molecule has 0 unspecified atom stereocenters. The Morgan fingerprint density at radius 1 is 1.40 bits per heavy atom. The Hall–Kier alpha value is -1.66. The molecule has 1 aromatic carbocycles. The lowest BCUT2D eigenvalue weighted by molar-refractivity contribution is 0.624. The third-order valence-corrected chi connectivity index (χ3v) is 3.58. The number of nitrogens with one attached hydrogen (secondary N) is 2. The Labute approximate surface area is 120 Å². The number of rotatable bonds is 6. The molecular formula is C14H16FN3OS. The van der Waals surface area contributed by atoms with Gasteiger partial charge in [0.1, 0.15) is 11.6 Å². The maximum atomic E-state index is 13.1. The summed E-state index contributed by atoms with van der Waals surface area (Å²) in [4.78, 5) is 19.4. The average Bonchev–Trinajstić information content (AvgIpc) is 2.42. The molecule has 0 fully saturated rings. The quantitative estimate of drug-likeness (QED) is 0.803. The van der Waals surface area contributed by atoms with Crippen LogP contribution in [0.25, 0.3) is 0 Å². The van der Waals surface area contributed by atoms with Gasteiger partial charge in [0.05, 0.1) is 11.4 Å². The van der Waals surface area contributed by atoms with Gasteiger partial charge in [-0.15, -0.1) is 11.8 Å². The van der Waals surface area contributed by atoms with Crippen LogP contribution in [0.2, 0.25) is 0 Å². The van der Waals surface area contributed by atoms with E-state index in [0.717, 1.165) is 11.4 Å². The summed E-state index contributed by atoms with van der Waals surface area (Å²) in [5.41, 5.74) is 0.549. The van der Waals surface area contributed by atoms with Gasteiger partial charge in [-0.2, -0.15) is 0 Å². The van der Waals surface area contributed by atoms with Crippen LogP contribution in [-0.4, -0.2) is 16.5 Å². The second kappa shape index (κ2) is 7.21. The molecular weight excluding hydrogens is 277 g/mol. The zero-order chi connectivity index (χ0) is 14.4. The van der Waals surface area contributed by atoms with Gasteiger partial charge in [-0.3, -0.25) is 4.79 Å². The molecule has 1 heterocycles. The van der Waals surface area contributed by atoms with Gasteiger partial charge >= 0.3 is 0 Å². The summed E-state index contributed by atoms with van der Waals surface area (Å²) >= 11 is 1.44. The fourth-order valence-electron chi connectivity index (χ4n) is 1.68. The summed E-state index contributed by atoms with van der Waals surface area (Å²) in [6.45, 7) is 3.38. The van der Waals surface area contributed by atoms with Gasteiger partial charge in [0.2, 0.25) is 0 Å². The summed E-state index contributed by atoms with van der Waals surface area (Å²) in [5, 5.41) is 3.13. The van der Waals surface area contributed by atoms with E-state index in [4.69, 9.17) is 0 Å². The van der Waals surface area contributed by atoms with Crippen LogP contribution in [0, 0.1) is 5.82 Å². The molecule has 0 spiro atoms. The van der Waals surface area contributed by atoms with Gasteiger partial charge in [-0.1, -0.05) is 13.0 Å². The molecule has 4 nitrogen and oxygen atoms in total. The van der Waals surface area contributed by atoms with Crippen molar-refractivity contribution in [1.82, 2.24) is 15.3 Å². The Balaban J connectivity index is 2.05. The molecule has 2 rings (SSSR count). The second-order valence-electron chi connectivity index (χ2n) is 4.21. The first-order chi connectivity index (χ1) is 9.67. The SMILES string of the molecule is CCNCc1cc(=O)[nH]c(CSc2cccc(F)c2)n1. The highest BCUT2D eigenvalue weighted by Crippen LogP contribution is 2.21. The van der Waals surface area contributed by atoms with E-state index in [1.165, 1.54) is 30.0 Å². The van der Waals surface area contributed by atoms with E-state index in [0.29, 0.717) is 23.8 Å². The van der Waals surface area contributed by atoms with Gasteiger partial charge in [0, 0.05) is 17.5 Å². The lowest BCUT2D eigenvalue weighted by atomic mass is 10.3. The summed E-state index contributed by atoms with van der Waals surface area (Å²) in [6.07, 6.45) is 0. The number of aromatic nitrogens is 2. The molecule has 2 N–H and O–H groups in total. The third kappa shape index (κ3) is 4.47. The van der Waals surface area contributed by atoms with Crippen molar-refractivity contribution in [2.45, 2.75) is 24.1 Å². The summed E-state index contributed by atoms with van der Waals surface area (Å²) in [7, 11) is 0. The van der Waals surface area contributed by atoms with E-state index in [9.17, 15) is 9.18 Å². The van der Waals surface area contributed by atoms with Crippen LogP contribution in [-0.2, 0) is 12.3 Å². The monoisotopic (exact) mass is 293 g/mol. The normalized spacial score (nSPS) is 10.7. The van der Waals surface area contributed by atoms with Gasteiger partial charge in [0.15, 0.2) is 0 Å². The molecule has 6 heteroatoms. The number of nitrogens with zero attached hydrogens (tertiary/aromatic N) is 1. The largest absolute Gasteiger partial charge is 0.311 e. The van der Waals surface area contributed by atoms with Crippen molar-refractivity contribution in [3.63, 3.8) is 0 Å². The Kier molecular flexibility index (Phi) is 5.31. The maximum Gasteiger partial charge on any atom is 0.251 e. The minimum absolute atomic E-state index is 0.164. The van der Waals surface area contributed by atoms with Crippen molar-refractivity contribution in [2.75, 3.05) is 6.54 Å². The fourth-order valence-corrected chi connectivity index (χ4v) is 2.49. The molecule has 0 atom stereocenters. The zero-order valence-corrected chi connectivity index (χ0v) is 12.0. The molecule has 1 aromatic heterocycles. The molecule has 0 bridgehead atoms.